The minimum absolute atomic E-state index is 0.491. The Morgan fingerprint density at radius 1 is 1.14 bits per heavy atom. The van der Waals surface area contributed by atoms with Gasteiger partial charge in [-0.2, -0.15) is 0 Å². The minimum atomic E-state index is 0.491. The first-order chi connectivity index (χ1) is 10.7. The summed E-state index contributed by atoms with van der Waals surface area (Å²) in [5.41, 5.74) is 0. The van der Waals surface area contributed by atoms with E-state index >= 15 is 0 Å². The molecular weight excluding hydrogens is 389 g/mol. The molecule has 0 aliphatic carbocycles. The van der Waals surface area contributed by atoms with Crippen LogP contribution in [0.3, 0.4) is 0 Å². The largest absolute Gasteiger partial charge is 0.381 e. The molecule has 2 fully saturated rings. The van der Waals surface area contributed by atoms with Crippen molar-refractivity contribution in [3.05, 3.63) is 21.9 Å². The number of hydrogen-bond acceptors (Lipinski definition) is 4. The summed E-state index contributed by atoms with van der Waals surface area (Å²) in [5, 5.41) is 0. The summed E-state index contributed by atoms with van der Waals surface area (Å²) in [6.07, 6.45) is 7.42. The number of rotatable bonds is 4. The first-order valence-electron chi connectivity index (χ1n) is 8.36. The van der Waals surface area contributed by atoms with E-state index in [9.17, 15) is 0 Å². The number of nitrogens with zero attached hydrogens (tertiary/aromatic N) is 3. The van der Waals surface area contributed by atoms with Gasteiger partial charge in [0, 0.05) is 49.6 Å². The quantitative estimate of drug-likeness (QED) is 0.708. The number of ether oxygens (including phenoxy) is 1. The van der Waals surface area contributed by atoms with Gasteiger partial charge in [-0.05, 0) is 66.3 Å². The molecule has 0 spiro atoms. The Bertz CT molecular complexity index is 451. The highest BCUT2D eigenvalue weighted by Crippen LogP contribution is 2.24. The molecule has 0 amide bonds. The summed E-state index contributed by atoms with van der Waals surface area (Å²) < 4.78 is 6.66. The fourth-order valence-electron chi connectivity index (χ4n) is 3.59. The molecule has 5 heteroatoms. The van der Waals surface area contributed by atoms with E-state index in [2.05, 4.69) is 49.5 Å². The highest BCUT2D eigenvalue weighted by molar-refractivity contribution is 14.1. The van der Waals surface area contributed by atoms with Crippen LogP contribution in [0.15, 0.2) is 18.3 Å². The lowest BCUT2D eigenvalue weighted by atomic mass is 9.95. The minimum Gasteiger partial charge on any atom is -0.381 e. The first-order valence-corrected chi connectivity index (χ1v) is 9.44. The molecule has 3 heterocycles. The molecule has 0 N–H and O–H groups in total. The number of anilines is 1. The Labute approximate surface area is 147 Å². The summed E-state index contributed by atoms with van der Waals surface area (Å²) >= 11 is 2.31. The highest BCUT2D eigenvalue weighted by Gasteiger charge is 2.24. The molecule has 4 nitrogen and oxygen atoms in total. The van der Waals surface area contributed by atoms with Gasteiger partial charge in [-0.15, -0.1) is 0 Å². The maximum Gasteiger partial charge on any atom is 0.128 e. The van der Waals surface area contributed by atoms with Crippen LogP contribution >= 0.6 is 22.6 Å². The van der Waals surface area contributed by atoms with Gasteiger partial charge in [-0.1, -0.05) is 0 Å². The molecule has 0 aromatic carbocycles. The third-order valence-corrected chi connectivity index (χ3v) is 5.67. The van der Waals surface area contributed by atoms with Gasteiger partial charge in [-0.3, -0.25) is 0 Å². The van der Waals surface area contributed by atoms with E-state index in [0.717, 1.165) is 24.8 Å². The normalized spacial score (nSPS) is 22.2. The predicted molar refractivity (Wildman–Crippen MR) is 98.4 cm³/mol. The topological polar surface area (TPSA) is 28.6 Å². The van der Waals surface area contributed by atoms with E-state index in [0.29, 0.717) is 6.10 Å². The van der Waals surface area contributed by atoms with Crippen LogP contribution in [0.25, 0.3) is 0 Å². The number of pyridine rings is 1. The molecule has 122 valence electrons. The van der Waals surface area contributed by atoms with E-state index < -0.39 is 0 Å². The van der Waals surface area contributed by atoms with E-state index in [4.69, 9.17) is 4.74 Å². The molecule has 0 unspecified atom stereocenters. The molecule has 1 aromatic rings. The van der Waals surface area contributed by atoms with Crippen molar-refractivity contribution in [2.75, 3.05) is 44.7 Å². The monoisotopic (exact) mass is 415 g/mol. The smallest absolute Gasteiger partial charge is 0.128 e. The van der Waals surface area contributed by atoms with Crippen molar-refractivity contribution < 1.29 is 4.74 Å². The third-order valence-electron chi connectivity index (χ3n) is 5.03. The van der Waals surface area contributed by atoms with E-state index in [1.165, 1.54) is 48.9 Å². The number of hydrogen-bond donors (Lipinski definition) is 0. The molecule has 2 aliphatic heterocycles. The highest BCUT2D eigenvalue weighted by atomic mass is 127. The summed E-state index contributed by atoms with van der Waals surface area (Å²) in [7, 11) is 1.84. The number of piperidine rings is 2. The number of aromatic nitrogens is 1. The lowest BCUT2D eigenvalue weighted by molar-refractivity contribution is 0.0353. The van der Waals surface area contributed by atoms with Crippen LogP contribution in [0, 0.1) is 9.49 Å². The predicted octanol–water partition coefficient (Wildman–Crippen LogP) is 3.01. The van der Waals surface area contributed by atoms with Crippen LogP contribution in [0.1, 0.15) is 25.7 Å². The molecule has 22 heavy (non-hydrogen) atoms. The molecule has 1 aromatic heterocycles. The zero-order chi connectivity index (χ0) is 15.4. The zero-order valence-corrected chi connectivity index (χ0v) is 15.5. The summed E-state index contributed by atoms with van der Waals surface area (Å²) in [6, 6.07) is 4.30. The van der Waals surface area contributed by atoms with Gasteiger partial charge in [0.2, 0.25) is 0 Å². The van der Waals surface area contributed by atoms with Crippen LogP contribution in [0.2, 0.25) is 0 Å². The van der Waals surface area contributed by atoms with Gasteiger partial charge >= 0.3 is 0 Å². The Morgan fingerprint density at radius 2 is 1.86 bits per heavy atom. The van der Waals surface area contributed by atoms with Crippen LogP contribution in [-0.2, 0) is 4.74 Å². The summed E-state index contributed by atoms with van der Waals surface area (Å²) in [4.78, 5) is 9.63. The first kappa shape index (κ1) is 16.5. The summed E-state index contributed by atoms with van der Waals surface area (Å²) in [5.74, 6) is 1.99. The maximum atomic E-state index is 5.46. The average Bonchev–Trinajstić information content (AvgIpc) is 2.57. The van der Waals surface area contributed by atoms with Crippen molar-refractivity contribution in [2.45, 2.75) is 31.8 Å². The molecule has 0 bridgehead atoms. The Kier molecular flexibility index (Phi) is 5.93. The van der Waals surface area contributed by atoms with Gasteiger partial charge in [0.05, 0.1) is 6.10 Å². The average molecular weight is 415 g/mol. The molecule has 0 saturated carbocycles. The van der Waals surface area contributed by atoms with Crippen LogP contribution in [0.4, 0.5) is 5.82 Å². The Hall–Kier alpha value is -0.400. The van der Waals surface area contributed by atoms with Crippen molar-refractivity contribution in [1.29, 1.82) is 0 Å². The number of likely N-dealkylation sites (tertiary alicyclic amines) is 1. The molecule has 2 aliphatic rings. The number of halogens is 1. The van der Waals surface area contributed by atoms with Gasteiger partial charge in [0.25, 0.3) is 0 Å². The van der Waals surface area contributed by atoms with Crippen LogP contribution in [-0.4, -0.2) is 55.8 Å². The van der Waals surface area contributed by atoms with E-state index in [1.807, 2.05) is 13.3 Å². The van der Waals surface area contributed by atoms with E-state index in [1.54, 1.807) is 0 Å². The maximum absolute atomic E-state index is 5.46. The summed E-state index contributed by atoms with van der Waals surface area (Å²) in [6.45, 7) is 5.97. The molecular formula is C17H26IN3O. The lowest BCUT2D eigenvalue weighted by Crippen LogP contribution is -2.42. The third kappa shape index (κ3) is 4.32. The zero-order valence-electron chi connectivity index (χ0n) is 13.4. The van der Waals surface area contributed by atoms with Gasteiger partial charge in [-0.25, -0.2) is 4.98 Å². The van der Waals surface area contributed by atoms with Crippen molar-refractivity contribution in [3.8, 4) is 0 Å². The van der Waals surface area contributed by atoms with Gasteiger partial charge in [0.15, 0.2) is 0 Å². The van der Waals surface area contributed by atoms with Crippen molar-refractivity contribution >= 4 is 28.4 Å². The standard InChI is InChI=1S/C17H26IN3O/c1-22-16-6-8-20(9-7-16)13-14-4-10-21(11-5-14)17-3-2-15(18)12-19-17/h2-3,12,14,16H,4-11,13H2,1H3. The SMILES string of the molecule is COC1CCN(CC2CCN(c3ccc(I)cn3)CC2)CC1. The second kappa shape index (κ2) is 7.93. The lowest BCUT2D eigenvalue weighted by Gasteiger charge is -2.37. The molecule has 2 saturated heterocycles. The van der Waals surface area contributed by atoms with Crippen LogP contribution < -0.4 is 4.90 Å². The second-order valence-corrected chi connectivity index (χ2v) is 7.75. The van der Waals surface area contributed by atoms with Crippen molar-refractivity contribution in [1.82, 2.24) is 9.88 Å². The Balaban J connectivity index is 1.43. The van der Waals surface area contributed by atoms with Crippen LogP contribution in [0.5, 0.6) is 0 Å². The molecule has 0 radical (unpaired) electrons. The molecule has 3 rings (SSSR count). The van der Waals surface area contributed by atoms with Gasteiger partial charge in [0.1, 0.15) is 5.82 Å². The fraction of sp³-hybridized carbons (Fsp3) is 0.706. The molecule has 0 atom stereocenters. The van der Waals surface area contributed by atoms with E-state index in [-0.39, 0.29) is 0 Å². The van der Waals surface area contributed by atoms with Crippen molar-refractivity contribution in [3.63, 3.8) is 0 Å². The Morgan fingerprint density at radius 3 is 2.45 bits per heavy atom. The fourth-order valence-corrected chi connectivity index (χ4v) is 3.91. The number of methoxy groups -OCH3 is 1. The van der Waals surface area contributed by atoms with Gasteiger partial charge < -0.3 is 14.5 Å². The second-order valence-electron chi connectivity index (χ2n) is 6.50. The van der Waals surface area contributed by atoms with Crippen molar-refractivity contribution in [2.24, 2.45) is 5.92 Å².